The summed E-state index contributed by atoms with van der Waals surface area (Å²) in [5.74, 6) is -1.22. The minimum atomic E-state index is -1.10. The van der Waals surface area contributed by atoms with Crippen molar-refractivity contribution < 1.29 is 33.3 Å². The molecule has 34 heavy (non-hydrogen) atoms. The normalized spacial score (nSPS) is 21.9. The third-order valence-corrected chi connectivity index (χ3v) is 5.13. The standard InChI is InChI=1S/C22H23N5O7/c1-11(28)31-9-15-17(32-12(2)29)18(33-13(3)30)22(34-15)27-20(14-7-5-4-6-8-14)26-16-19(23)24-10-25-21(16)27/h4-8,10,15,17-18,22H,9H2,1-3H3,(H2,23,24,25)/t15-,17-,18-,22-/m1/s1. The van der Waals surface area contributed by atoms with E-state index in [1.807, 2.05) is 30.3 Å². The second-order valence-electron chi connectivity index (χ2n) is 7.62. The summed E-state index contributed by atoms with van der Waals surface area (Å²) in [6, 6.07) is 9.18. The number of ether oxygens (including phenoxy) is 4. The number of aromatic nitrogens is 4. The molecule has 0 radical (unpaired) electrons. The maximum Gasteiger partial charge on any atom is 0.303 e. The number of nitrogen functional groups attached to an aromatic ring is 1. The molecule has 3 heterocycles. The molecule has 178 valence electrons. The Kier molecular flexibility index (Phi) is 6.41. The van der Waals surface area contributed by atoms with Crippen LogP contribution in [0.2, 0.25) is 0 Å². The first-order chi connectivity index (χ1) is 16.3. The molecule has 1 aromatic carbocycles. The molecule has 3 aromatic rings. The third-order valence-electron chi connectivity index (χ3n) is 5.13. The van der Waals surface area contributed by atoms with Gasteiger partial charge in [-0.05, 0) is 0 Å². The molecule has 0 spiro atoms. The lowest BCUT2D eigenvalue weighted by Crippen LogP contribution is -2.40. The van der Waals surface area contributed by atoms with Gasteiger partial charge in [0, 0.05) is 26.3 Å². The zero-order valence-corrected chi connectivity index (χ0v) is 18.7. The molecule has 2 N–H and O–H groups in total. The first-order valence-corrected chi connectivity index (χ1v) is 10.4. The third kappa shape index (κ3) is 4.53. The van der Waals surface area contributed by atoms with E-state index in [0.717, 1.165) is 0 Å². The number of benzene rings is 1. The van der Waals surface area contributed by atoms with E-state index in [1.54, 1.807) is 4.57 Å². The monoisotopic (exact) mass is 469 g/mol. The van der Waals surface area contributed by atoms with E-state index in [4.69, 9.17) is 24.7 Å². The second kappa shape index (κ2) is 9.43. The average molecular weight is 469 g/mol. The topological polar surface area (TPSA) is 158 Å². The summed E-state index contributed by atoms with van der Waals surface area (Å²) >= 11 is 0. The van der Waals surface area contributed by atoms with Gasteiger partial charge in [-0.2, -0.15) is 0 Å². The van der Waals surface area contributed by atoms with Crippen LogP contribution in [0, 0.1) is 0 Å². The van der Waals surface area contributed by atoms with Gasteiger partial charge in [0.15, 0.2) is 35.4 Å². The van der Waals surface area contributed by atoms with Crippen molar-refractivity contribution in [3.05, 3.63) is 36.7 Å². The zero-order chi connectivity index (χ0) is 24.4. The van der Waals surface area contributed by atoms with Gasteiger partial charge in [0.2, 0.25) is 0 Å². The number of nitrogens with two attached hydrogens (primary N) is 1. The Morgan fingerprint density at radius 2 is 1.68 bits per heavy atom. The van der Waals surface area contributed by atoms with Crippen LogP contribution < -0.4 is 5.73 Å². The Morgan fingerprint density at radius 3 is 2.32 bits per heavy atom. The second-order valence-corrected chi connectivity index (χ2v) is 7.62. The molecule has 2 aromatic heterocycles. The van der Waals surface area contributed by atoms with Crippen LogP contribution in [0.3, 0.4) is 0 Å². The van der Waals surface area contributed by atoms with Gasteiger partial charge in [0.05, 0.1) is 0 Å². The van der Waals surface area contributed by atoms with Crippen molar-refractivity contribution in [1.82, 2.24) is 19.5 Å². The molecule has 12 nitrogen and oxygen atoms in total. The van der Waals surface area contributed by atoms with E-state index < -0.39 is 42.4 Å². The Labute approximate surface area is 194 Å². The number of nitrogens with zero attached hydrogens (tertiary/aromatic N) is 4. The molecule has 0 saturated carbocycles. The van der Waals surface area contributed by atoms with Crippen LogP contribution >= 0.6 is 0 Å². The molecule has 1 saturated heterocycles. The van der Waals surface area contributed by atoms with Crippen LogP contribution in [0.4, 0.5) is 5.82 Å². The van der Waals surface area contributed by atoms with Gasteiger partial charge >= 0.3 is 17.9 Å². The molecule has 12 heteroatoms. The van der Waals surface area contributed by atoms with Gasteiger partial charge in [-0.1, -0.05) is 30.3 Å². The fourth-order valence-corrected chi connectivity index (χ4v) is 3.86. The number of rotatable bonds is 6. The van der Waals surface area contributed by atoms with Gasteiger partial charge in [-0.25, -0.2) is 15.0 Å². The van der Waals surface area contributed by atoms with Crippen LogP contribution in [-0.2, 0) is 33.3 Å². The summed E-state index contributed by atoms with van der Waals surface area (Å²) in [4.78, 5) is 48.3. The van der Waals surface area contributed by atoms with E-state index in [9.17, 15) is 14.4 Å². The molecule has 1 aliphatic heterocycles. The van der Waals surface area contributed by atoms with Crippen molar-refractivity contribution in [2.45, 2.75) is 45.3 Å². The Hall–Kier alpha value is -4.06. The molecule has 0 amide bonds. The lowest BCUT2D eigenvalue weighted by atomic mass is 10.1. The van der Waals surface area contributed by atoms with Crippen molar-refractivity contribution in [1.29, 1.82) is 0 Å². The first kappa shape index (κ1) is 23.1. The van der Waals surface area contributed by atoms with E-state index in [-0.39, 0.29) is 12.4 Å². The highest BCUT2D eigenvalue weighted by Crippen LogP contribution is 2.39. The van der Waals surface area contributed by atoms with Gasteiger partial charge in [-0.3, -0.25) is 19.0 Å². The summed E-state index contributed by atoms with van der Waals surface area (Å²) in [6.07, 6.45) is -2.85. The number of fused-ring (bicyclic) bond motifs is 1. The fraction of sp³-hybridized carbons (Fsp3) is 0.364. The number of anilines is 1. The highest BCUT2D eigenvalue weighted by molar-refractivity contribution is 5.85. The minimum absolute atomic E-state index is 0.149. The number of carbonyl (C=O) groups is 3. The molecule has 1 aliphatic rings. The summed E-state index contributed by atoms with van der Waals surface area (Å²) in [6.45, 7) is 3.46. The lowest BCUT2D eigenvalue weighted by Gasteiger charge is -2.24. The zero-order valence-electron chi connectivity index (χ0n) is 18.7. The maximum atomic E-state index is 12.0. The van der Waals surface area contributed by atoms with Gasteiger partial charge < -0.3 is 24.7 Å². The van der Waals surface area contributed by atoms with E-state index in [2.05, 4.69) is 15.0 Å². The van der Waals surface area contributed by atoms with Crippen molar-refractivity contribution in [3.63, 3.8) is 0 Å². The molecular weight excluding hydrogens is 446 g/mol. The minimum Gasteiger partial charge on any atom is -0.463 e. The molecule has 0 bridgehead atoms. The quantitative estimate of drug-likeness (QED) is 0.411. The molecule has 0 aliphatic carbocycles. The number of carbonyl (C=O) groups excluding carboxylic acids is 3. The van der Waals surface area contributed by atoms with Crippen molar-refractivity contribution in [2.24, 2.45) is 0 Å². The van der Waals surface area contributed by atoms with Crippen molar-refractivity contribution in [3.8, 4) is 11.4 Å². The van der Waals surface area contributed by atoms with Gasteiger partial charge in [-0.15, -0.1) is 0 Å². The number of hydrogen-bond donors (Lipinski definition) is 1. The lowest BCUT2D eigenvalue weighted by molar-refractivity contribution is -0.166. The van der Waals surface area contributed by atoms with Crippen LogP contribution in [0.5, 0.6) is 0 Å². The fourth-order valence-electron chi connectivity index (χ4n) is 3.86. The molecule has 0 unspecified atom stereocenters. The number of esters is 3. The highest BCUT2D eigenvalue weighted by Gasteiger charge is 2.51. The van der Waals surface area contributed by atoms with E-state index in [1.165, 1.54) is 27.1 Å². The molecular formula is C22H23N5O7. The summed E-state index contributed by atoms with van der Waals surface area (Å²) in [7, 11) is 0. The van der Waals surface area contributed by atoms with Crippen LogP contribution in [-0.4, -0.2) is 62.3 Å². The Bertz CT molecular complexity index is 1230. The Morgan fingerprint density at radius 1 is 1.00 bits per heavy atom. The first-order valence-electron chi connectivity index (χ1n) is 10.4. The Balaban J connectivity index is 1.89. The molecule has 1 fully saturated rings. The maximum absolute atomic E-state index is 12.0. The number of imidazole rings is 1. The highest BCUT2D eigenvalue weighted by atomic mass is 16.7. The summed E-state index contributed by atoms with van der Waals surface area (Å²) in [5.41, 5.74) is 7.40. The predicted octanol–water partition coefficient (Wildman–Crippen LogP) is 1.40. The summed E-state index contributed by atoms with van der Waals surface area (Å²) < 4.78 is 23.9. The molecule has 4 atom stereocenters. The van der Waals surface area contributed by atoms with Crippen LogP contribution in [0.25, 0.3) is 22.6 Å². The van der Waals surface area contributed by atoms with Gasteiger partial charge in [0.1, 0.15) is 24.9 Å². The largest absolute Gasteiger partial charge is 0.463 e. The van der Waals surface area contributed by atoms with Crippen LogP contribution in [0.1, 0.15) is 27.0 Å². The summed E-state index contributed by atoms with van der Waals surface area (Å²) in [5, 5.41) is 0. The van der Waals surface area contributed by atoms with E-state index >= 15 is 0 Å². The van der Waals surface area contributed by atoms with Crippen molar-refractivity contribution >= 4 is 34.9 Å². The SMILES string of the molecule is CC(=O)OC[C@H]1O[C@@H](n2c(-c3ccccc3)nc3c(N)ncnc32)[C@H](OC(C)=O)[C@@H]1OC(C)=O. The van der Waals surface area contributed by atoms with Gasteiger partial charge in [0.25, 0.3) is 0 Å². The van der Waals surface area contributed by atoms with Crippen molar-refractivity contribution in [2.75, 3.05) is 12.3 Å². The predicted molar refractivity (Wildman–Crippen MR) is 117 cm³/mol. The van der Waals surface area contributed by atoms with Crippen LogP contribution in [0.15, 0.2) is 36.7 Å². The van der Waals surface area contributed by atoms with E-state index in [0.29, 0.717) is 22.6 Å². The smallest absolute Gasteiger partial charge is 0.303 e. The average Bonchev–Trinajstić information content (AvgIpc) is 3.32. The number of hydrogen-bond acceptors (Lipinski definition) is 11. The molecule has 4 rings (SSSR count).